The molecule has 0 saturated carbocycles. The summed E-state index contributed by atoms with van der Waals surface area (Å²) in [6.07, 6.45) is -1.24. The second kappa shape index (κ2) is 11.4. The van der Waals surface area contributed by atoms with Crippen LogP contribution in [-0.4, -0.2) is 52.1 Å². The first-order valence-electron chi connectivity index (χ1n) is 11.9. The summed E-state index contributed by atoms with van der Waals surface area (Å²) in [7, 11) is 0. The number of carbonyl (C=O) groups is 1. The van der Waals surface area contributed by atoms with Gasteiger partial charge in [0.15, 0.2) is 5.78 Å². The molecule has 1 aliphatic heterocycles. The van der Waals surface area contributed by atoms with E-state index in [0.717, 1.165) is 37.6 Å². The Morgan fingerprint density at radius 2 is 1.92 bits per heavy atom. The van der Waals surface area contributed by atoms with E-state index < -0.39 is 11.7 Å². The highest BCUT2D eigenvalue weighted by molar-refractivity contribution is 5.98. The van der Waals surface area contributed by atoms with Gasteiger partial charge in [0.2, 0.25) is 5.95 Å². The van der Waals surface area contributed by atoms with Crippen molar-refractivity contribution in [3.8, 4) is 17.6 Å². The number of aryl methyl sites for hydroxylation is 1. The molecule has 0 spiro atoms. The van der Waals surface area contributed by atoms with Gasteiger partial charge in [0.05, 0.1) is 11.8 Å². The lowest BCUT2D eigenvalue weighted by molar-refractivity contribution is -0.139. The lowest BCUT2D eigenvalue weighted by atomic mass is 9.97. The number of ketones is 1. The number of hydrogen-bond donors (Lipinski definition) is 1. The smallest absolute Gasteiger partial charge is 0.419 e. The third kappa shape index (κ3) is 7.05. The van der Waals surface area contributed by atoms with Crippen molar-refractivity contribution in [3.05, 3.63) is 76.1 Å². The highest BCUT2D eigenvalue weighted by Crippen LogP contribution is 2.37. The number of hydrogen-bond acceptors (Lipinski definition) is 7. The first-order chi connectivity index (χ1) is 17.7. The first kappa shape index (κ1) is 26.1. The number of rotatable bonds is 7. The maximum absolute atomic E-state index is 13.8. The van der Waals surface area contributed by atoms with Gasteiger partial charge in [0, 0.05) is 24.1 Å². The summed E-state index contributed by atoms with van der Waals surface area (Å²) in [6, 6.07) is 8.77. The number of ether oxygens (including phenoxy) is 1. The maximum Gasteiger partial charge on any atom is 0.419 e. The van der Waals surface area contributed by atoms with Crippen LogP contribution in [0, 0.1) is 18.8 Å². The molecule has 0 amide bonds. The average Bonchev–Trinajstić information content (AvgIpc) is 3.37. The SMILES string of the molecule is Cc1ccc(C(=O)Cc2ccc(OCCN3CCCC3)c(C(F)(F)F)c2)cc1C#Cc1cnnc(N)n1. The van der Waals surface area contributed by atoms with Crippen LogP contribution in [0.2, 0.25) is 0 Å². The number of nitrogens with zero attached hydrogens (tertiary/aromatic N) is 4. The second-order valence-electron chi connectivity index (χ2n) is 8.80. The van der Waals surface area contributed by atoms with Crippen molar-refractivity contribution < 1.29 is 22.7 Å². The number of nitrogen functional groups attached to an aromatic ring is 1. The van der Waals surface area contributed by atoms with Crippen molar-refractivity contribution in [3.63, 3.8) is 0 Å². The molecule has 192 valence electrons. The predicted molar refractivity (Wildman–Crippen MR) is 132 cm³/mol. The van der Waals surface area contributed by atoms with E-state index in [-0.39, 0.29) is 36.1 Å². The Balaban J connectivity index is 1.48. The molecule has 1 fully saturated rings. The van der Waals surface area contributed by atoms with Crippen LogP contribution in [0.15, 0.2) is 42.6 Å². The summed E-state index contributed by atoms with van der Waals surface area (Å²) in [5.74, 6) is 5.20. The molecule has 4 rings (SSSR count). The van der Waals surface area contributed by atoms with E-state index in [1.165, 1.54) is 18.3 Å². The summed E-state index contributed by atoms with van der Waals surface area (Å²) in [4.78, 5) is 19.1. The Hall–Kier alpha value is -3.97. The molecule has 10 heteroatoms. The molecule has 37 heavy (non-hydrogen) atoms. The molecule has 2 aromatic carbocycles. The Bertz CT molecular complexity index is 1340. The molecule has 1 aliphatic rings. The van der Waals surface area contributed by atoms with Crippen molar-refractivity contribution in [1.82, 2.24) is 20.1 Å². The molecule has 1 saturated heterocycles. The lowest BCUT2D eigenvalue weighted by Crippen LogP contribution is -2.25. The van der Waals surface area contributed by atoms with Crippen LogP contribution >= 0.6 is 0 Å². The minimum Gasteiger partial charge on any atom is -0.492 e. The molecule has 1 aromatic heterocycles. The molecule has 2 N–H and O–H groups in total. The van der Waals surface area contributed by atoms with Crippen LogP contribution in [0.3, 0.4) is 0 Å². The quantitative estimate of drug-likeness (QED) is 0.379. The fourth-order valence-electron chi connectivity index (χ4n) is 4.05. The molecule has 0 unspecified atom stereocenters. The van der Waals surface area contributed by atoms with Gasteiger partial charge in [-0.3, -0.25) is 9.69 Å². The predicted octanol–water partition coefficient (Wildman–Crippen LogP) is 4.08. The standard InChI is InChI=1S/C27H26F3N5O2/c1-18-4-6-21(16-20(18)7-8-22-17-32-34-26(31)33-22)24(36)15-19-5-9-25(23(14-19)27(28,29)30)37-13-12-35-10-2-3-11-35/h4-6,9,14,16-17H,2-3,10-13,15H2,1H3,(H2,31,33,34). The molecule has 3 aromatic rings. The Morgan fingerprint density at radius 1 is 1.14 bits per heavy atom. The molecular weight excluding hydrogens is 483 g/mol. The zero-order chi connectivity index (χ0) is 26.4. The van der Waals surface area contributed by atoms with Crippen LogP contribution in [0.1, 0.15) is 51.1 Å². The highest BCUT2D eigenvalue weighted by atomic mass is 19.4. The van der Waals surface area contributed by atoms with Gasteiger partial charge in [0.1, 0.15) is 18.1 Å². The van der Waals surface area contributed by atoms with E-state index in [9.17, 15) is 18.0 Å². The molecule has 7 nitrogen and oxygen atoms in total. The van der Waals surface area contributed by atoms with Crippen molar-refractivity contribution in [2.24, 2.45) is 0 Å². The van der Waals surface area contributed by atoms with Crippen LogP contribution in [-0.2, 0) is 12.6 Å². The maximum atomic E-state index is 13.8. The van der Waals surface area contributed by atoms with Crippen molar-refractivity contribution >= 4 is 11.7 Å². The fourth-order valence-corrected chi connectivity index (χ4v) is 4.05. The van der Waals surface area contributed by atoms with Gasteiger partial charge in [-0.25, -0.2) is 4.98 Å². The molecular formula is C27H26F3N5O2. The molecule has 2 heterocycles. The lowest BCUT2D eigenvalue weighted by Gasteiger charge is -2.18. The van der Waals surface area contributed by atoms with Crippen molar-refractivity contribution in [1.29, 1.82) is 0 Å². The Labute approximate surface area is 212 Å². The van der Waals surface area contributed by atoms with Gasteiger partial charge in [0.25, 0.3) is 0 Å². The molecule has 0 atom stereocenters. The monoisotopic (exact) mass is 509 g/mol. The molecule has 0 bridgehead atoms. The van der Waals surface area contributed by atoms with E-state index in [4.69, 9.17) is 10.5 Å². The number of nitrogens with two attached hydrogens (primary N) is 1. The molecule has 0 aliphatic carbocycles. The summed E-state index contributed by atoms with van der Waals surface area (Å²) in [5, 5.41) is 7.26. The zero-order valence-electron chi connectivity index (χ0n) is 20.3. The summed E-state index contributed by atoms with van der Waals surface area (Å²) >= 11 is 0. The topological polar surface area (TPSA) is 94.2 Å². The van der Waals surface area contributed by atoms with Crippen LogP contribution in [0.4, 0.5) is 19.1 Å². The van der Waals surface area contributed by atoms with E-state index in [1.807, 2.05) is 6.92 Å². The molecule has 0 radical (unpaired) electrons. The Kier molecular flexibility index (Phi) is 8.04. The number of aromatic nitrogens is 3. The summed E-state index contributed by atoms with van der Waals surface area (Å²) in [5.41, 5.74) is 6.96. The van der Waals surface area contributed by atoms with Gasteiger partial charge >= 0.3 is 6.18 Å². The number of benzene rings is 2. The third-order valence-corrected chi connectivity index (χ3v) is 6.04. The van der Waals surface area contributed by atoms with E-state index in [1.54, 1.807) is 18.2 Å². The van der Waals surface area contributed by atoms with Gasteiger partial charge in [-0.15, -0.1) is 5.10 Å². The zero-order valence-corrected chi connectivity index (χ0v) is 20.3. The minimum absolute atomic E-state index is 0.00585. The number of alkyl halides is 3. The number of likely N-dealkylation sites (tertiary alicyclic amines) is 1. The minimum atomic E-state index is -4.60. The van der Waals surface area contributed by atoms with E-state index in [0.29, 0.717) is 23.4 Å². The number of halogens is 3. The van der Waals surface area contributed by atoms with Gasteiger partial charge < -0.3 is 10.5 Å². The van der Waals surface area contributed by atoms with Crippen molar-refractivity contribution in [2.75, 3.05) is 32.0 Å². The Morgan fingerprint density at radius 3 is 2.65 bits per heavy atom. The van der Waals surface area contributed by atoms with Crippen LogP contribution < -0.4 is 10.5 Å². The third-order valence-electron chi connectivity index (χ3n) is 6.04. The highest BCUT2D eigenvalue weighted by Gasteiger charge is 2.35. The number of Topliss-reactive ketones (excluding diaryl/α,β-unsaturated/α-hetero) is 1. The fraction of sp³-hybridized carbons (Fsp3) is 0.333. The van der Waals surface area contributed by atoms with Crippen LogP contribution in [0.5, 0.6) is 5.75 Å². The summed E-state index contributed by atoms with van der Waals surface area (Å²) in [6.45, 7) is 4.47. The van der Waals surface area contributed by atoms with Gasteiger partial charge in [-0.05, 0) is 68.1 Å². The average molecular weight is 510 g/mol. The number of carbonyl (C=O) groups excluding carboxylic acids is 1. The second-order valence-corrected chi connectivity index (χ2v) is 8.80. The summed E-state index contributed by atoms with van der Waals surface area (Å²) < 4.78 is 46.7. The normalized spacial score (nSPS) is 13.7. The van der Waals surface area contributed by atoms with Gasteiger partial charge in [-0.2, -0.15) is 18.3 Å². The van der Waals surface area contributed by atoms with Crippen molar-refractivity contribution in [2.45, 2.75) is 32.4 Å². The van der Waals surface area contributed by atoms with Crippen LogP contribution in [0.25, 0.3) is 0 Å². The van der Waals surface area contributed by atoms with Gasteiger partial charge in [-0.1, -0.05) is 24.1 Å². The van der Waals surface area contributed by atoms with E-state index >= 15 is 0 Å². The van der Waals surface area contributed by atoms with E-state index in [2.05, 4.69) is 31.9 Å². The largest absolute Gasteiger partial charge is 0.492 e. The first-order valence-corrected chi connectivity index (χ1v) is 11.9. The number of anilines is 1.